The van der Waals surface area contributed by atoms with E-state index >= 15 is 0 Å². The summed E-state index contributed by atoms with van der Waals surface area (Å²) < 4.78 is 38.5. The van der Waals surface area contributed by atoms with Gasteiger partial charge in [-0.1, -0.05) is 0 Å². The molecule has 0 aromatic heterocycles. The maximum Gasteiger partial charge on any atom is 0.418 e. The van der Waals surface area contributed by atoms with E-state index in [0.717, 1.165) is 25.3 Å². The monoisotopic (exact) mass is 274 g/mol. The highest BCUT2D eigenvalue weighted by Crippen LogP contribution is 2.37. The molecule has 0 saturated carbocycles. The van der Waals surface area contributed by atoms with Crippen molar-refractivity contribution in [2.45, 2.75) is 31.5 Å². The molecule has 1 aliphatic rings. The van der Waals surface area contributed by atoms with Crippen LogP contribution in [0.1, 0.15) is 24.8 Å². The van der Waals surface area contributed by atoms with Gasteiger partial charge >= 0.3 is 6.18 Å². The number of nitrogen functional groups attached to an aromatic ring is 1. The number of hydrogen-bond donors (Lipinski definition) is 2. The van der Waals surface area contributed by atoms with Crippen LogP contribution in [0.15, 0.2) is 18.2 Å². The third kappa shape index (κ3) is 2.94. The average molecular weight is 274 g/mol. The van der Waals surface area contributed by atoms with Crippen molar-refractivity contribution in [3.8, 4) is 0 Å². The molecule has 0 aliphatic carbocycles. The van der Waals surface area contributed by atoms with E-state index in [9.17, 15) is 18.3 Å². The first-order valence-corrected chi connectivity index (χ1v) is 6.27. The van der Waals surface area contributed by atoms with E-state index < -0.39 is 11.7 Å². The summed E-state index contributed by atoms with van der Waals surface area (Å²) in [5.74, 6) is 0. The van der Waals surface area contributed by atoms with Crippen molar-refractivity contribution in [3.05, 3.63) is 23.8 Å². The second-order valence-corrected chi connectivity index (χ2v) is 4.79. The Balaban J connectivity index is 2.34. The Morgan fingerprint density at radius 1 is 1.32 bits per heavy atom. The summed E-state index contributed by atoms with van der Waals surface area (Å²) >= 11 is 0. The zero-order chi connectivity index (χ0) is 14.0. The predicted molar refractivity (Wildman–Crippen MR) is 67.9 cm³/mol. The largest absolute Gasteiger partial charge is 0.418 e. The molecule has 0 spiro atoms. The molecule has 6 heteroatoms. The van der Waals surface area contributed by atoms with Crippen LogP contribution in [0.4, 0.5) is 24.5 Å². The first kappa shape index (κ1) is 14.0. The first-order chi connectivity index (χ1) is 8.93. The van der Waals surface area contributed by atoms with Gasteiger partial charge in [-0.2, -0.15) is 13.2 Å². The minimum Gasteiger partial charge on any atom is -0.398 e. The number of aliphatic hydroxyl groups is 1. The molecule has 1 fully saturated rings. The highest BCUT2D eigenvalue weighted by molar-refractivity contribution is 5.60. The number of piperidine rings is 1. The van der Waals surface area contributed by atoms with Gasteiger partial charge in [0.2, 0.25) is 0 Å². The molecule has 0 radical (unpaired) electrons. The molecular weight excluding hydrogens is 257 g/mol. The molecule has 106 valence electrons. The Bertz CT molecular complexity index is 448. The van der Waals surface area contributed by atoms with E-state index in [1.54, 1.807) is 6.07 Å². The fraction of sp³-hybridized carbons (Fsp3) is 0.538. The molecule has 1 aromatic carbocycles. The first-order valence-electron chi connectivity index (χ1n) is 6.27. The molecule has 1 unspecified atom stereocenters. The smallest absolute Gasteiger partial charge is 0.398 e. The SMILES string of the molecule is Nc1ccc(N2CCCCC2CO)cc1C(F)(F)F. The summed E-state index contributed by atoms with van der Waals surface area (Å²) in [6.07, 6.45) is -1.75. The highest BCUT2D eigenvalue weighted by Gasteiger charge is 2.34. The van der Waals surface area contributed by atoms with Crippen LogP contribution >= 0.6 is 0 Å². The predicted octanol–water partition coefficient (Wildman–Crippen LogP) is 2.64. The fourth-order valence-corrected chi connectivity index (χ4v) is 2.50. The lowest BCUT2D eigenvalue weighted by Crippen LogP contribution is -2.42. The summed E-state index contributed by atoms with van der Waals surface area (Å²) in [5, 5.41) is 9.32. The second kappa shape index (κ2) is 5.28. The van der Waals surface area contributed by atoms with Crippen LogP contribution in [0, 0.1) is 0 Å². The number of benzene rings is 1. The van der Waals surface area contributed by atoms with Crippen LogP contribution in [0.5, 0.6) is 0 Å². The third-order valence-corrected chi connectivity index (χ3v) is 3.51. The van der Waals surface area contributed by atoms with E-state index in [0.29, 0.717) is 12.2 Å². The quantitative estimate of drug-likeness (QED) is 0.815. The summed E-state index contributed by atoms with van der Waals surface area (Å²) in [6, 6.07) is 3.82. The van der Waals surface area contributed by atoms with Crippen molar-refractivity contribution in [3.63, 3.8) is 0 Å². The summed E-state index contributed by atoms with van der Waals surface area (Å²) in [4.78, 5) is 1.83. The van der Waals surface area contributed by atoms with Crippen LogP contribution in [0.3, 0.4) is 0 Å². The highest BCUT2D eigenvalue weighted by atomic mass is 19.4. The van der Waals surface area contributed by atoms with Crippen molar-refractivity contribution in [1.29, 1.82) is 0 Å². The maximum atomic E-state index is 12.8. The van der Waals surface area contributed by atoms with E-state index in [-0.39, 0.29) is 18.3 Å². The van der Waals surface area contributed by atoms with E-state index in [2.05, 4.69) is 0 Å². The number of rotatable bonds is 2. The molecule has 1 heterocycles. The molecule has 3 N–H and O–H groups in total. The molecule has 1 saturated heterocycles. The van der Waals surface area contributed by atoms with Gasteiger partial charge in [0.25, 0.3) is 0 Å². The number of hydrogen-bond acceptors (Lipinski definition) is 3. The Labute approximate surface area is 109 Å². The minimum absolute atomic E-state index is 0.0499. The van der Waals surface area contributed by atoms with Gasteiger partial charge in [0, 0.05) is 17.9 Å². The number of aliphatic hydroxyl groups excluding tert-OH is 1. The van der Waals surface area contributed by atoms with Gasteiger partial charge in [-0.05, 0) is 37.5 Å². The summed E-state index contributed by atoms with van der Waals surface area (Å²) in [6.45, 7) is 0.609. The lowest BCUT2D eigenvalue weighted by molar-refractivity contribution is -0.136. The zero-order valence-electron chi connectivity index (χ0n) is 10.5. The van der Waals surface area contributed by atoms with Crippen LogP contribution in [0.2, 0.25) is 0 Å². The van der Waals surface area contributed by atoms with Crippen molar-refractivity contribution in [1.82, 2.24) is 0 Å². The fourth-order valence-electron chi connectivity index (χ4n) is 2.50. The molecule has 1 aromatic rings. The van der Waals surface area contributed by atoms with Gasteiger partial charge in [-0.15, -0.1) is 0 Å². The Morgan fingerprint density at radius 3 is 2.68 bits per heavy atom. The van der Waals surface area contributed by atoms with Crippen molar-refractivity contribution >= 4 is 11.4 Å². The third-order valence-electron chi connectivity index (χ3n) is 3.51. The van der Waals surface area contributed by atoms with E-state index in [4.69, 9.17) is 5.73 Å². The molecular formula is C13H17F3N2O. The number of nitrogens with two attached hydrogens (primary N) is 1. The molecule has 0 bridgehead atoms. The van der Waals surface area contributed by atoms with Gasteiger partial charge in [0.05, 0.1) is 18.2 Å². The standard InChI is InChI=1S/C13H17F3N2O/c14-13(15,16)11-7-9(4-5-12(11)17)18-6-2-1-3-10(18)8-19/h4-5,7,10,19H,1-3,6,8,17H2. The second-order valence-electron chi connectivity index (χ2n) is 4.79. The van der Waals surface area contributed by atoms with Crippen molar-refractivity contribution < 1.29 is 18.3 Å². The van der Waals surface area contributed by atoms with E-state index in [1.807, 2.05) is 4.90 Å². The Kier molecular flexibility index (Phi) is 3.89. The van der Waals surface area contributed by atoms with Crippen LogP contribution < -0.4 is 10.6 Å². The Morgan fingerprint density at radius 2 is 2.05 bits per heavy atom. The molecule has 0 amide bonds. The van der Waals surface area contributed by atoms with Gasteiger partial charge in [-0.3, -0.25) is 0 Å². The number of halogens is 3. The van der Waals surface area contributed by atoms with Gasteiger partial charge < -0.3 is 15.7 Å². The lowest BCUT2D eigenvalue weighted by atomic mass is 10.0. The molecule has 1 atom stereocenters. The normalized spacial score (nSPS) is 20.6. The summed E-state index contributed by atoms with van der Waals surface area (Å²) in [7, 11) is 0. The zero-order valence-corrected chi connectivity index (χ0v) is 10.5. The lowest BCUT2D eigenvalue weighted by Gasteiger charge is -2.37. The van der Waals surface area contributed by atoms with Crippen LogP contribution in [-0.4, -0.2) is 24.3 Å². The number of nitrogens with zero attached hydrogens (tertiary/aromatic N) is 1. The van der Waals surface area contributed by atoms with Gasteiger partial charge in [0.1, 0.15) is 0 Å². The minimum atomic E-state index is -4.45. The van der Waals surface area contributed by atoms with Crippen molar-refractivity contribution in [2.24, 2.45) is 0 Å². The van der Waals surface area contributed by atoms with Crippen LogP contribution in [-0.2, 0) is 6.18 Å². The Hall–Kier alpha value is -1.43. The van der Waals surface area contributed by atoms with Gasteiger partial charge in [-0.25, -0.2) is 0 Å². The van der Waals surface area contributed by atoms with Crippen LogP contribution in [0.25, 0.3) is 0 Å². The number of anilines is 2. The molecule has 1 aliphatic heterocycles. The molecule has 19 heavy (non-hydrogen) atoms. The average Bonchev–Trinajstić information content (AvgIpc) is 2.38. The molecule has 3 nitrogen and oxygen atoms in total. The van der Waals surface area contributed by atoms with Gasteiger partial charge in [0.15, 0.2) is 0 Å². The molecule has 2 rings (SSSR count). The topological polar surface area (TPSA) is 49.5 Å². The van der Waals surface area contributed by atoms with Crippen molar-refractivity contribution in [2.75, 3.05) is 23.8 Å². The maximum absolute atomic E-state index is 12.8. The number of alkyl halides is 3. The summed E-state index contributed by atoms with van der Waals surface area (Å²) in [5.41, 5.74) is 4.77. The van der Waals surface area contributed by atoms with E-state index in [1.165, 1.54) is 6.07 Å².